The van der Waals surface area contributed by atoms with Crippen molar-refractivity contribution in [2.24, 2.45) is 11.8 Å². The molecule has 94 valence electrons. The molecule has 0 rings (SSSR count). The molecule has 0 aliphatic carbocycles. The molecule has 2 unspecified atom stereocenters. The number of esters is 1. The first kappa shape index (κ1) is 15.4. The number of carbonyl (C=O) groups excluding carboxylic acids is 1. The van der Waals surface area contributed by atoms with E-state index in [1.54, 1.807) is 6.07 Å². The summed E-state index contributed by atoms with van der Waals surface area (Å²) in [5.74, 6) is -3.75. The molecule has 7 heteroatoms. The molecule has 0 aromatic rings. The molecular weight excluding hydrogens is 238 g/mol. The van der Waals surface area contributed by atoms with Gasteiger partial charge in [0.05, 0.1) is 12.1 Å². The van der Waals surface area contributed by atoms with Crippen LogP contribution in [0.2, 0.25) is 0 Å². The number of carboxylic acids is 1. The Hall–Kier alpha value is -2.59. The minimum absolute atomic E-state index is 0.0624. The van der Waals surface area contributed by atoms with Gasteiger partial charge in [0.1, 0.15) is 5.92 Å². The highest BCUT2D eigenvalue weighted by Gasteiger charge is 2.24. The fourth-order valence-electron chi connectivity index (χ4n) is 1.34. The van der Waals surface area contributed by atoms with Crippen molar-refractivity contribution in [1.29, 1.82) is 15.8 Å². The maximum Gasteiger partial charge on any atom is 0.338 e. The molecule has 0 radical (unpaired) electrons. The maximum atomic E-state index is 11.1. The van der Waals surface area contributed by atoms with Gasteiger partial charge in [0.2, 0.25) is 0 Å². The Morgan fingerprint density at radius 1 is 1.22 bits per heavy atom. The van der Waals surface area contributed by atoms with Crippen molar-refractivity contribution in [3.63, 3.8) is 0 Å². The highest BCUT2D eigenvalue weighted by Crippen LogP contribution is 2.18. The molecule has 0 saturated carbocycles. The second-order valence-electron chi connectivity index (χ2n) is 3.54. The van der Waals surface area contributed by atoms with Gasteiger partial charge in [0, 0.05) is 12.3 Å². The van der Waals surface area contributed by atoms with Crippen molar-refractivity contribution in [3.8, 4) is 18.4 Å². The summed E-state index contributed by atoms with van der Waals surface area (Å²) in [6.07, 6.45) is 1.61. The van der Waals surface area contributed by atoms with Gasteiger partial charge in [-0.15, -0.1) is 5.26 Å². The van der Waals surface area contributed by atoms with Crippen molar-refractivity contribution < 1.29 is 19.4 Å². The zero-order valence-corrected chi connectivity index (χ0v) is 9.50. The van der Waals surface area contributed by atoms with E-state index in [-0.39, 0.29) is 19.3 Å². The zero-order valence-electron chi connectivity index (χ0n) is 9.50. The summed E-state index contributed by atoms with van der Waals surface area (Å²) in [5.41, 5.74) is 0. The molecule has 0 heterocycles. The van der Waals surface area contributed by atoms with E-state index >= 15 is 0 Å². The van der Waals surface area contributed by atoms with E-state index in [0.717, 1.165) is 0 Å². The minimum Gasteiger partial charge on any atom is -0.481 e. The second kappa shape index (κ2) is 8.55. The Bertz CT molecular complexity index is 427. The first-order valence-corrected chi connectivity index (χ1v) is 5.16. The Balaban J connectivity index is 4.30. The van der Waals surface area contributed by atoms with E-state index in [1.165, 1.54) is 6.26 Å². The van der Waals surface area contributed by atoms with E-state index in [1.807, 2.05) is 6.07 Å². The van der Waals surface area contributed by atoms with Crippen LogP contribution >= 0.6 is 0 Å². The van der Waals surface area contributed by atoms with E-state index in [4.69, 9.17) is 20.9 Å². The first-order chi connectivity index (χ1) is 8.54. The highest BCUT2D eigenvalue weighted by atomic mass is 16.5. The summed E-state index contributed by atoms with van der Waals surface area (Å²) in [6, 6.07) is 3.56. The maximum absolute atomic E-state index is 11.1. The number of carbonyl (C=O) groups is 2. The summed E-state index contributed by atoms with van der Waals surface area (Å²) in [4.78, 5) is 21.4. The lowest BCUT2D eigenvalue weighted by Crippen LogP contribution is -2.17. The average Bonchev–Trinajstić information content (AvgIpc) is 2.33. The van der Waals surface area contributed by atoms with Crippen LogP contribution < -0.4 is 0 Å². The van der Waals surface area contributed by atoms with Gasteiger partial charge >= 0.3 is 11.9 Å². The standard InChI is InChI=1S/C11H11N3O4/c12-5-8(2-1-3-10(15)16)4-9(6-13)11(17)18-7-14/h8-9H,1-4H2,(H,15,16). The number of ether oxygens (including phenoxy) is 1. The fourth-order valence-corrected chi connectivity index (χ4v) is 1.34. The molecule has 0 amide bonds. The summed E-state index contributed by atoms with van der Waals surface area (Å²) in [6.45, 7) is 0. The third kappa shape index (κ3) is 6.09. The molecule has 18 heavy (non-hydrogen) atoms. The van der Waals surface area contributed by atoms with Gasteiger partial charge in [-0.3, -0.25) is 4.79 Å². The van der Waals surface area contributed by atoms with Crippen LogP contribution in [0.4, 0.5) is 0 Å². The predicted molar refractivity (Wildman–Crippen MR) is 56.0 cm³/mol. The Morgan fingerprint density at radius 2 is 1.89 bits per heavy atom. The van der Waals surface area contributed by atoms with E-state index in [9.17, 15) is 9.59 Å². The summed E-state index contributed by atoms with van der Waals surface area (Å²) in [7, 11) is 0. The molecular formula is C11H11N3O4. The molecule has 0 bridgehead atoms. The van der Waals surface area contributed by atoms with Crippen LogP contribution in [-0.4, -0.2) is 17.0 Å². The Kier molecular flexibility index (Phi) is 7.32. The molecule has 2 atom stereocenters. The number of aliphatic carboxylic acids is 1. The average molecular weight is 249 g/mol. The van der Waals surface area contributed by atoms with Crippen molar-refractivity contribution in [2.45, 2.75) is 25.7 Å². The van der Waals surface area contributed by atoms with Crippen LogP contribution in [0.25, 0.3) is 0 Å². The largest absolute Gasteiger partial charge is 0.481 e. The summed E-state index contributed by atoms with van der Waals surface area (Å²) < 4.78 is 4.02. The number of nitriles is 3. The van der Waals surface area contributed by atoms with Gasteiger partial charge in [0.15, 0.2) is 0 Å². The van der Waals surface area contributed by atoms with Crippen LogP contribution in [0.1, 0.15) is 25.7 Å². The van der Waals surface area contributed by atoms with Crippen LogP contribution in [-0.2, 0) is 14.3 Å². The molecule has 7 nitrogen and oxygen atoms in total. The summed E-state index contributed by atoms with van der Waals surface area (Å²) in [5, 5.41) is 34.1. The van der Waals surface area contributed by atoms with Gasteiger partial charge < -0.3 is 9.84 Å². The van der Waals surface area contributed by atoms with E-state index in [0.29, 0.717) is 6.42 Å². The first-order valence-electron chi connectivity index (χ1n) is 5.16. The molecule has 0 saturated heterocycles. The van der Waals surface area contributed by atoms with Gasteiger partial charge in [-0.2, -0.15) is 10.5 Å². The number of hydrogen-bond acceptors (Lipinski definition) is 6. The number of rotatable bonds is 7. The monoisotopic (exact) mass is 249 g/mol. The minimum atomic E-state index is -1.18. The van der Waals surface area contributed by atoms with Crippen molar-refractivity contribution in [2.75, 3.05) is 0 Å². The van der Waals surface area contributed by atoms with Crippen LogP contribution in [0.3, 0.4) is 0 Å². The van der Waals surface area contributed by atoms with Gasteiger partial charge in [-0.1, -0.05) is 0 Å². The lowest BCUT2D eigenvalue weighted by Gasteiger charge is -2.10. The van der Waals surface area contributed by atoms with Crippen LogP contribution in [0.5, 0.6) is 0 Å². The SMILES string of the molecule is N#COC(=O)C(C#N)CC(C#N)CCCC(=O)O. The Labute approximate surface area is 104 Å². The lowest BCUT2D eigenvalue weighted by molar-refractivity contribution is -0.140. The van der Waals surface area contributed by atoms with Gasteiger partial charge in [-0.25, -0.2) is 4.79 Å². The molecule has 0 spiro atoms. The quantitative estimate of drug-likeness (QED) is 0.523. The lowest BCUT2D eigenvalue weighted by atomic mass is 9.92. The van der Waals surface area contributed by atoms with Crippen LogP contribution in [0.15, 0.2) is 0 Å². The van der Waals surface area contributed by atoms with Crippen molar-refractivity contribution in [3.05, 3.63) is 0 Å². The van der Waals surface area contributed by atoms with Gasteiger partial charge in [-0.05, 0) is 19.3 Å². The highest BCUT2D eigenvalue weighted by molar-refractivity contribution is 5.76. The van der Waals surface area contributed by atoms with Crippen molar-refractivity contribution >= 4 is 11.9 Å². The third-order valence-corrected chi connectivity index (χ3v) is 2.23. The molecule has 0 aliphatic rings. The fraction of sp³-hybridized carbons (Fsp3) is 0.545. The Morgan fingerprint density at radius 3 is 2.33 bits per heavy atom. The second-order valence-corrected chi connectivity index (χ2v) is 3.54. The molecule has 0 aliphatic heterocycles. The zero-order chi connectivity index (χ0) is 14.0. The van der Waals surface area contributed by atoms with Crippen LogP contribution in [0, 0.1) is 46.0 Å². The van der Waals surface area contributed by atoms with E-state index in [2.05, 4.69) is 4.74 Å². The molecule has 0 fully saturated rings. The van der Waals surface area contributed by atoms with Crippen molar-refractivity contribution in [1.82, 2.24) is 0 Å². The van der Waals surface area contributed by atoms with Gasteiger partial charge in [0.25, 0.3) is 6.26 Å². The molecule has 1 N–H and O–H groups in total. The number of hydrogen-bond donors (Lipinski definition) is 1. The topological polar surface area (TPSA) is 135 Å². The smallest absolute Gasteiger partial charge is 0.338 e. The molecule has 0 aromatic carbocycles. The van der Waals surface area contributed by atoms with E-state index < -0.39 is 23.8 Å². The number of nitrogens with zero attached hydrogens (tertiary/aromatic N) is 3. The predicted octanol–water partition coefficient (Wildman–Crippen LogP) is 0.935. The number of carboxylic acid groups (broad SMARTS) is 1. The third-order valence-electron chi connectivity index (χ3n) is 2.23. The summed E-state index contributed by atoms with van der Waals surface area (Å²) >= 11 is 0. The molecule has 0 aromatic heterocycles. The normalized spacial score (nSPS) is 12.3.